The molecule has 1 aromatic heterocycles. The van der Waals surface area contributed by atoms with Crippen molar-refractivity contribution in [1.82, 2.24) is 4.57 Å². The summed E-state index contributed by atoms with van der Waals surface area (Å²) < 4.78 is 1.19. The van der Waals surface area contributed by atoms with E-state index in [-0.39, 0.29) is 17.6 Å². The van der Waals surface area contributed by atoms with E-state index in [0.717, 1.165) is 0 Å². The first-order valence-electron chi connectivity index (χ1n) is 5.59. The summed E-state index contributed by atoms with van der Waals surface area (Å²) in [6, 6.07) is 4.24. The second-order valence-electron chi connectivity index (χ2n) is 4.18. The summed E-state index contributed by atoms with van der Waals surface area (Å²) in [6.45, 7) is -0.471. The van der Waals surface area contributed by atoms with Crippen LogP contribution < -0.4 is 0 Å². The van der Waals surface area contributed by atoms with E-state index in [9.17, 15) is 19.7 Å². The van der Waals surface area contributed by atoms with Crippen molar-refractivity contribution in [2.75, 3.05) is 0 Å². The van der Waals surface area contributed by atoms with Crippen LogP contribution in [0.25, 0.3) is 10.9 Å². The number of benzene rings is 1. The Morgan fingerprint density at radius 2 is 1.95 bits per heavy atom. The molecule has 20 heavy (non-hydrogen) atoms. The number of aliphatic carboxylic acids is 2. The van der Waals surface area contributed by atoms with Gasteiger partial charge < -0.3 is 14.8 Å². The van der Waals surface area contributed by atoms with Crippen molar-refractivity contribution < 1.29 is 24.7 Å². The molecule has 0 aliphatic heterocycles. The largest absolute Gasteiger partial charge is 0.481 e. The van der Waals surface area contributed by atoms with Gasteiger partial charge in [0.05, 0.1) is 11.3 Å². The lowest BCUT2D eigenvalue weighted by Gasteiger charge is -2.01. The van der Waals surface area contributed by atoms with Crippen molar-refractivity contribution in [2.45, 2.75) is 13.0 Å². The first-order chi connectivity index (χ1) is 9.40. The maximum absolute atomic E-state index is 11.0. The highest BCUT2D eigenvalue weighted by atomic mass is 16.6. The van der Waals surface area contributed by atoms with Gasteiger partial charge in [-0.2, -0.15) is 0 Å². The second kappa shape index (κ2) is 5.00. The zero-order valence-corrected chi connectivity index (χ0v) is 10.1. The Bertz CT molecular complexity index is 718. The molecule has 8 nitrogen and oxygen atoms in total. The van der Waals surface area contributed by atoms with E-state index in [0.29, 0.717) is 10.9 Å². The minimum Gasteiger partial charge on any atom is -0.481 e. The van der Waals surface area contributed by atoms with Crippen LogP contribution in [0.2, 0.25) is 0 Å². The summed E-state index contributed by atoms with van der Waals surface area (Å²) >= 11 is 0. The average Bonchev–Trinajstić information content (AvgIpc) is 2.66. The zero-order chi connectivity index (χ0) is 14.9. The van der Waals surface area contributed by atoms with Gasteiger partial charge in [-0.3, -0.25) is 19.7 Å². The molecule has 0 saturated carbocycles. The molecule has 1 aromatic carbocycles. The summed E-state index contributed by atoms with van der Waals surface area (Å²) in [5.41, 5.74) is 0.217. The molecule has 2 aromatic rings. The lowest BCUT2D eigenvalue weighted by molar-refractivity contribution is -0.383. The molecule has 0 aliphatic carbocycles. The quantitative estimate of drug-likeness (QED) is 0.627. The lowest BCUT2D eigenvalue weighted by atomic mass is 10.1. The van der Waals surface area contributed by atoms with Gasteiger partial charge in [-0.05, 0) is 5.56 Å². The van der Waals surface area contributed by atoms with E-state index in [2.05, 4.69) is 0 Å². The lowest BCUT2D eigenvalue weighted by Crippen LogP contribution is -2.08. The number of nitro benzene ring substituents is 1. The van der Waals surface area contributed by atoms with E-state index >= 15 is 0 Å². The minimum atomic E-state index is -1.16. The highest BCUT2D eigenvalue weighted by Crippen LogP contribution is 2.30. The fourth-order valence-electron chi connectivity index (χ4n) is 2.14. The third-order valence-corrected chi connectivity index (χ3v) is 2.80. The standard InChI is InChI=1S/C12H10N2O6/c15-10(16)4-7-5-13(6-11(17)18)12-8(7)2-1-3-9(12)14(19)20/h1-3,5H,4,6H2,(H,15,16)(H,17,18). The predicted molar refractivity (Wildman–Crippen MR) is 67.6 cm³/mol. The number of aromatic nitrogens is 1. The second-order valence-corrected chi connectivity index (χ2v) is 4.18. The first kappa shape index (κ1) is 13.5. The molecule has 0 unspecified atom stereocenters. The Kier molecular flexibility index (Phi) is 3.38. The van der Waals surface area contributed by atoms with Gasteiger partial charge >= 0.3 is 11.9 Å². The van der Waals surface area contributed by atoms with Gasteiger partial charge in [0.25, 0.3) is 5.69 Å². The monoisotopic (exact) mass is 278 g/mol. The zero-order valence-electron chi connectivity index (χ0n) is 10.1. The van der Waals surface area contributed by atoms with Crippen molar-refractivity contribution in [1.29, 1.82) is 0 Å². The number of hydrogen-bond acceptors (Lipinski definition) is 4. The van der Waals surface area contributed by atoms with Crippen LogP contribution in [0.4, 0.5) is 5.69 Å². The molecule has 1 heterocycles. The molecular formula is C12H10N2O6. The highest BCUT2D eigenvalue weighted by molar-refractivity contribution is 5.94. The van der Waals surface area contributed by atoms with Crippen LogP contribution in [-0.4, -0.2) is 31.6 Å². The number of para-hydroxylation sites is 1. The predicted octanol–water partition coefficient (Wildman–Crippen LogP) is 1.26. The van der Waals surface area contributed by atoms with Crippen LogP contribution in [0.5, 0.6) is 0 Å². The molecule has 8 heteroatoms. The van der Waals surface area contributed by atoms with Crippen molar-refractivity contribution in [3.05, 3.63) is 40.1 Å². The van der Waals surface area contributed by atoms with Crippen LogP contribution in [0.15, 0.2) is 24.4 Å². The molecule has 0 saturated heterocycles. The Labute approximate surface area is 112 Å². The topological polar surface area (TPSA) is 123 Å². The van der Waals surface area contributed by atoms with Crippen LogP contribution in [0, 0.1) is 10.1 Å². The fraction of sp³-hybridized carbons (Fsp3) is 0.167. The van der Waals surface area contributed by atoms with Gasteiger partial charge in [0, 0.05) is 17.6 Å². The van der Waals surface area contributed by atoms with Crippen LogP contribution in [0.1, 0.15) is 5.56 Å². The number of nitrogens with zero attached hydrogens (tertiary/aromatic N) is 2. The van der Waals surface area contributed by atoms with Crippen LogP contribution >= 0.6 is 0 Å². The maximum atomic E-state index is 11.0. The van der Waals surface area contributed by atoms with Gasteiger partial charge in [0.1, 0.15) is 12.1 Å². The van der Waals surface area contributed by atoms with Crippen LogP contribution in [-0.2, 0) is 22.6 Å². The third-order valence-electron chi connectivity index (χ3n) is 2.80. The van der Waals surface area contributed by atoms with E-state index in [1.54, 1.807) is 6.07 Å². The normalized spacial score (nSPS) is 10.6. The molecule has 0 atom stereocenters. The van der Waals surface area contributed by atoms with E-state index in [1.165, 1.54) is 22.9 Å². The molecule has 2 rings (SSSR count). The minimum absolute atomic E-state index is 0.121. The number of nitro groups is 1. The van der Waals surface area contributed by atoms with Gasteiger partial charge in [-0.1, -0.05) is 12.1 Å². The van der Waals surface area contributed by atoms with Crippen molar-refractivity contribution >= 4 is 28.5 Å². The molecule has 104 valence electrons. The van der Waals surface area contributed by atoms with E-state index in [1.807, 2.05) is 0 Å². The smallest absolute Gasteiger partial charge is 0.323 e. The molecule has 0 amide bonds. The summed E-state index contributed by atoms with van der Waals surface area (Å²) in [5, 5.41) is 29.1. The Morgan fingerprint density at radius 1 is 1.25 bits per heavy atom. The molecule has 0 radical (unpaired) electrons. The first-order valence-corrected chi connectivity index (χ1v) is 5.59. The molecule has 0 fully saturated rings. The SMILES string of the molecule is O=C(O)Cc1cn(CC(=O)O)c2c([N+](=O)[O-])cccc12. The summed E-state index contributed by atoms with van der Waals surface area (Å²) in [7, 11) is 0. The Hall–Kier alpha value is -2.90. The number of non-ortho nitro benzene ring substituents is 1. The highest BCUT2D eigenvalue weighted by Gasteiger charge is 2.20. The molecule has 0 aliphatic rings. The van der Waals surface area contributed by atoms with Gasteiger partial charge in [-0.15, -0.1) is 0 Å². The average molecular weight is 278 g/mol. The number of carboxylic acid groups (broad SMARTS) is 2. The molecule has 0 bridgehead atoms. The number of carbonyl (C=O) groups is 2. The van der Waals surface area contributed by atoms with Gasteiger partial charge in [-0.25, -0.2) is 0 Å². The number of rotatable bonds is 5. The van der Waals surface area contributed by atoms with E-state index < -0.39 is 23.4 Å². The Balaban J connectivity index is 2.72. The number of hydrogen-bond donors (Lipinski definition) is 2. The molecular weight excluding hydrogens is 268 g/mol. The summed E-state index contributed by atoms with van der Waals surface area (Å²) in [5.74, 6) is -2.26. The van der Waals surface area contributed by atoms with Crippen molar-refractivity contribution in [2.24, 2.45) is 0 Å². The molecule has 0 spiro atoms. The Morgan fingerprint density at radius 3 is 2.50 bits per heavy atom. The molecule has 2 N–H and O–H groups in total. The summed E-state index contributed by atoms with van der Waals surface area (Å²) in [4.78, 5) is 32.0. The van der Waals surface area contributed by atoms with Gasteiger partial charge in [0.2, 0.25) is 0 Å². The third kappa shape index (κ3) is 2.44. The maximum Gasteiger partial charge on any atom is 0.323 e. The number of carboxylic acids is 2. The fourth-order valence-corrected chi connectivity index (χ4v) is 2.14. The van der Waals surface area contributed by atoms with E-state index in [4.69, 9.17) is 10.2 Å². The summed E-state index contributed by atoms with van der Waals surface area (Å²) in [6.07, 6.45) is 1.00. The van der Waals surface area contributed by atoms with Crippen LogP contribution in [0.3, 0.4) is 0 Å². The van der Waals surface area contributed by atoms with Gasteiger partial charge in [0.15, 0.2) is 0 Å². The van der Waals surface area contributed by atoms with Crippen molar-refractivity contribution in [3.63, 3.8) is 0 Å². The van der Waals surface area contributed by atoms with Crippen molar-refractivity contribution in [3.8, 4) is 0 Å². The number of fused-ring (bicyclic) bond motifs is 1.